The van der Waals surface area contributed by atoms with E-state index >= 15 is 0 Å². The first-order valence-corrected chi connectivity index (χ1v) is 13.9. The molecule has 4 rings (SSSR count). The summed E-state index contributed by atoms with van der Waals surface area (Å²) in [5, 5.41) is 1.24. The highest BCUT2D eigenvalue weighted by Gasteiger charge is 2.12. The van der Waals surface area contributed by atoms with Crippen LogP contribution in [0.1, 0.15) is 68.7 Å². The molecular formula is C34H40Br2N4O2. The van der Waals surface area contributed by atoms with Gasteiger partial charge in [0, 0.05) is 41.9 Å². The quantitative estimate of drug-likeness (QED) is 0.0608. The number of hydrogen-bond donors (Lipinski definition) is 2. The number of unbranched alkanes of at least 4 members (excludes halogenated alkanes) is 3. The third kappa shape index (κ3) is 11.0. The van der Waals surface area contributed by atoms with Crippen LogP contribution in [0.5, 0.6) is 0 Å². The molecule has 0 amide bonds. The Morgan fingerprint density at radius 1 is 0.476 bits per heavy atom. The van der Waals surface area contributed by atoms with Crippen molar-refractivity contribution >= 4 is 45.5 Å². The number of nitrogens with two attached hydrogens (primary N) is 2. The zero-order valence-corrected chi connectivity index (χ0v) is 27.2. The number of hydrazine groups is 2. The molecule has 8 heteroatoms. The number of hydrogen-bond acceptors (Lipinski definition) is 6. The van der Waals surface area contributed by atoms with Crippen LogP contribution in [0, 0.1) is 0 Å². The standard InChI is InChI=1S/C34H38N4O2.2BrH/c35-38(36)24-10-2-1-9-23-37(25-27-15-19-31(20-16-27)33(39)29-11-5-3-6-12-29)26-28-17-21-32(22-18-28)34(40)30-13-7-4-8-14-30;;/h3-8,11-22H,1-2,9-10,23-26,35-36H2;2*1H. The van der Waals surface area contributed by atoms with Crippen molar-refractivity contribution in [2.24, 2.45) is 11.7 Å². The summed E-state index contributed by atoms with van der Waals surface area (Å²) in [7, 11) is 0. The molecule has 0 atom stereocenters. The highest BCUT2D eigenvalue weighted by molar-refractivity contribution is 8.93. The molecule has 4 aromatic carbocycles. The summed E-state index contributed by atoms with van der Waals surface area (Å²) in [6.45, 7) is 3.16. The van der Waals surface area contributed by atoms with Crippen LogP contribution >= 0.6 is 34.0 Å². The molecule has 4 N–H and O–H groups in total. The van der Waals surface area contributed by atoms with Gasteiger partial charge in [-0.25, -0.2) is 0 Å². The molecule has 0 spiro atoms. The van der Waals surface area contributed by atoms with Crippen molar-refractivity contribution in [3.63, 3.8) is 0 Å². The average molecular weight is 697 g/mol. The Balaban J connectivity index is 0.00000308. The minimum Gasteiger partial charge on any atom is -0.295 e. The SMILES string of the molecule is Br.Br.NN(N)CCCCCCN(Cc1ccc(C(=O)c2ccccc2)cc1)Cc1ccc(C(=O)c2ccccc2)cc1. The molecule has 0 aromatic heterocycles. The molecule has 6 nitrogen and oxygen atoms in total. The lowest BCUT2D eigenvalue weighted by Gasteiger charge is -2.23. The van der Waals surface area contributed by atoms with Crippen LogP contribution in [0.15, 0.2) is 109 Å². The number of ketones is 2. The van der Waals surface area contributed by atoms with E-state index in [-0.39, 0.29) is 45.5 Å². The molecular weight excluding hydrogens is 656 g/mol. The van der Waals surface area contributed by atoms with Crippen LogP contribution in [-0.2, 0) is 13.1 Å². The van der Waals surface area contributed by atoms with Crippen molar-refractivity contribution in [2.45, 2.75) is 38.8 Å². The first-order chi connectivity index (χ1) is 19.5. The van der Waals surface area contributed by atoms with Gasteiger partial charge in [-0.15, -0.1) is 34.0 Å². The molecule has 0 aliphatic rings. The molecule has 0 fully saturated rings. The molecule has 0 unspecified atom stereocenters. The van der Waals surface area contributed by atoms with Gasteiger partial charge in [0.05, 0.1) is 0 Å². The van der Waals surface area contributed by atoms with E-state index in [1.807, 2.05) is 109 Å². The number of nitrogens with zero attached hydrogens (tertiary/aromatic N) is 2. The van der Waals surface area contributed by atoms with Gasteiger partial charge in [-0.2, -0.15) is 5.12 Å². The zero-order valence-electron chi connectivity index (χ0n) is 23.7. The van der Waals surface area contributed by atoms with Crippen molar-refractivity contribution in [3.05, 3.63) is 143 Å². The molecule has 0 bridgehead atoms. The molecule has 0 aliphatic heterocycles. The van der Waals surface area contributed by atoms with Crippen LogP contribution in [0.4, 0.5) is 0 Å². The molecule has 0 aliphatic carbocycles. The highest BCUT2D eigenvalue weighted by Crippen LogP contribution is 2.17. The molecule has 4 aromatic rings. The fourth-order valence-corrected chi connectivity index (χ4v) is 4.75. The van der Waals surface area contributed by atoms with Gasteiger partial charge in [-0.05, 0) is 30.5 Å². The van der Waals surface area contributed by atoms with Crippen LogP contribution in [0.2, 0.25) is 0 Å². The Labute approximate surface area is 270 Å². The summed E-state index contributed by atoms with van der Waals surface area (Å²) in [4.78, 5) is 28.0. The number of benzene rings is 4. The van der Waals surface area contributed by atoms with Gasteiger partial charge in [0.2, 0.25) is 0 Å². The highest BCUT2D eigenvalue weighted by atomic mass is 79.9. The molecule has 0 radical (unpaired) electrons. The normalized spacial score (nSPS) is 10.7. The summed E-state index contributed by atoms with van der Waals surface area (Å²) in [6.07, 6.45) is 4.20. The van der Waals surface area contributed by atoms with Gasteiger partial charge in [-0.3, -0.25) is 26.2 Å². The van der Waals surface area contributed by atoms with Crippen molar-refractivity contribution in [1.82, 2.24) is 10.0 Å². The van der Waals surface area contributed by atoms with E-state index in [0.717, 1.165) is 56.4 Å². The monoisotopic (exact) mass is 694 g/mol. The second-order valence-corrected chi connectivity index (χ2v) is 10.1. The van der Waals surface area contributed by atoms with Crippen molar-refractivity contribution in [3.8, 4) is 0 Å². The van der Waals surface area contributed by atoms with E-state index in [4.69, 9.17) is 11.7 Å². The van der Waals surface area contributed by atoms with Gasteiger partial charge in [0.1, 0.15) is 0 Å². The smallest absolute Gasteiger partial charge is 0.193 e. The fourth-order valence-electron chi connectivity index (χ4n) is 4.75. The van der Waals surface area contributed by atoms with Crippen molar-refractivity contribution < 1.29 is 9.59 Å². The molecule has 42 heavy (non-hydrogen) atoms. The Bertz CT molecular complexity index is 1250. The second kappa shape index (κ2) is 18.5. The lowest BCUT2D eigenvalue weighted by molar-refractivity contribution is 0.103. The Morgan fingerprint density at radius 2 is 0.833 bits per heavy atom. The maximum Gasteiger partial charge on any atom is 0.193 e. The predicted octanol–water partition coefficient (Wildman–Crippen LogP) is 6.92. The van der Waals surface area contributed by atoms with E-state index in [1.54, 1.807) is 0 Å². The Hall–Kier alpha value is -2.98. The van der Waals surface area contributed by atoms with E-state index in [0.29, 0.717) is 28.8 Å². The van der Waals surface area contributed by atoms with Gasteiger partial charge in [-0.1, -0.05) is 122 Å². The average Bonchev–Trinajstić information content (AvgIpc) is 2.99. The molecule has 0 saturated carbocycles. The largest absolute Gasteiger partial charge is 0.295 e. The third-order valence-electron chi connectivity index (χ3n) is 6.96. The van der Waals surface area contributed by atoms with Gasteiger partial charge in [0.15, 0.2) is 11.6 Å². The van der Waals surface area contributed by atoms with Crippen molar-refractivity contribution in [1.29, 1.82) is 0 Å². The molecule has 0 heterocycles. The van der Waals surface area contributed by atoms with E-state index in [9.17, 15) is 9.59 Å². The first kappa shape index (κ1) is 35.2. The van der Waals surface area contributed by atoms with E-state index < -0.39 is 0 Å². The van der Waals surface area contributed by atoms with Gasteiger partial charge >= 0.3 is 0 Å². The minimum atomic E-state index is 0. The summed E-state index contributed by atoms with van der Waals surface area (Å²) >= 11 is 0. The van der Waals surface area contributed by atoms with Gasteiger partial charge in [0.25, 0.3) is 0 Å². The number of rotatable bonds is 15. The maximum absolute atomic E-state index is 12.8. The summed E-state index contributed by atoms with van der Waals surface area (Å²) in [6, 6.07) is 34.5. The van der Waals surface area contributed by atoms with E-state index in [2.05, 4.69) is 4.90 Å². The first-order valence-electron chi connectivity index (χ1n) is 13.9. The van der Waals surface area contributed by atoms with Crippen LogP contribution in [0.3, 0.4) is 0 Å². The Morgan fingerprint density at radius 3 is 1.21 bits per heavy atom. The van der Waals surface area contributed by atoms with Crippen LogP contribution in [0.25, 0.3) is 0 Å². The van der Waals surface area contributed by atoms with Crippen molar-refractivity contribution in [2.75, 3.05) is 13.1 Å². The van der Waals surface area contributed by atoms with E-state index in [1.165, 1.54) is 5.12 Å². The molecule has 0 saturated heterocycles. The Kier molecular flexibility index (Phi) is 15.5. The number of halogens is 2. The lowest BCUT2D eigenvalue weighted by Crippen LogP contribution is -2.38. The number of carbonyl (C=O) groups is 2. The number of carbonyl (C=O) groups excluding carboxylic acids is 2. The summed E-state index contributed by atoms with van der Waals surface area (Å²) < 4.78 is 0. The van der Waals surface area contributed by atoms with Crippen LogP contribution in [-0.4, -0.2) is 34.7 Å². The third-order valence-corrected chi connectivity index (χ3v) is 6.96. The zero-order chi connectivity index (χ0) is 28.2. The topological polar surface area (TPSA) is 92.7 Å². The summed E-state index contributed by atoms with van der Waals surface area (Å²) in [5.74, 6) is 11.1. The van der Waals surface area contributed by atoms with Gasteiger partial charge < -0.3 is 0 Å². The molecule has 222 valence electrons. The minimum absolute atomic E-state index is 0. The lowest BCUT2D eigenvalue weighted by atomic mass is 10.0. The fraction of sp³-hybridized carbons (Fsp3) is 0.235. The second-order valence-electron chi connectivity index (χ2n) is 10.1. The van der Waals surface area contributed by atoms with Crippen LogP contribution < -0.4 is 11.7 Å². The maximum atomic E-state index is 12.8. The predicted molar refractivity (Wildman–Crippen MR) is 181 cm³/mol. The summed E-state index contributed by atoms with van der Waals surface area (Å²) in [5.41, 5.74) is 5.07.